The number of nitrogens with zero attached hydrogens (tertiary/aromatic N) is 2. The minimum Gasteiger partial charge on any atom is -0.394 e. The number of aromatic nitrogens is 2. The first kappa shape index (κ1) is 13.9. The van der Waals surface area contributed by atoms with Crippen LogP contribution in [0.25, 0.3) is 0 Å². The minimum atomic E-state index is -0.780. The van der Waals surface area contributed by atoms with E-state index < -0.39 is 6.10 Å². The van der Waals surface area contributed by atoms with Crippen LogP contribution in [-0.2, 0) is 0 Å². The summed E-state index contributed by atoms with van der Waals surface area (Å²) in [5.41, 5.74) is 1.13. The Bertz CT molecular complexity index is 316. The lowest BCUT2D eigenvalue weighted by atomic mass is 10.00. The Morgan fingerprint density at radius 1 is 1.35 bits per heavy atom. The molecule has 0 spiro atoms. The van der Waals surface area contributed by atoms with Gasteiger partial charge in [-0.2, -0.15) is 0 Å². The maximum atomic E-state index is 9.16. The van der Waals surface area contributed by atoms with Crippen LogP contribution in [0.15, 0.2) is 12.4 Å². The molecule has 0 radical (unpaired) electrons. The predicted octanol–water partition coefficient (Wildman–Crippen LogP) is 1.15. The van der Waals surface area contributed by atoms with Crippen molar-refractivity contribution >= 4 is 5.95 Å². The van der Waals surface area contributed by atoms with Gasteiger partial charge in [0.2, 0.25) is 5.95 Å². The molecule has 1 heterocycles. The van der Waals surface area contributed by atoms with Crippen molar-refractivity contribution in [3.63, 3.8) is 0 Å². The van der Waals surface area contributed by atoms with E-state index in [1.165, 1.54) is 0 Å². The van der Waals surface area contributed by atoms with Crippen LogP contribution in [0.5, 0.6) is 0 Å². The fourth-order valence-electron chi connectivity index (χ4n) is 1.56. The molecule has 17 heavy (non-hydrogen) atoms. The van der Waals surface area contributed by atoms with Crippen molar-refractivity contribution in [3.8, 4) is 0 Å². The van der Waals surface area contributed by atoms with E-state index in [4.69, 9.17) is 10.2 Å². The lowest BCUT2D eigenvalue weighted by Crippen LogP contribution is -2.23. The Labute approximate surface area is 102 Å². The lowest BCUT2D eigenvalue weighted by Gasteiger charge is -2.11. The molecule has 2 unspecified atom stereocenters. The van der Waals surface area contributed by atoms with Crippen molar-refractivity contribution < 1.29 is 10.2 Å². The summed E-state index contributed by atoms with van der Waals surface area (Å²) >= 11 is 0. The third kappa shape index (κ3) is 4.66. The molecule has 1 aromatic rings. The van der Waals surface area contributed by atoms with Gasteiger partial charge in [0, 0.05) is 18.9 Å². The third-order valence-corrected chi connectivity index (χ3v) is 2.67. The Morgan fingerprint density at radius 3 is 2.53 bits per heavy atom. The van der Waals surface area contributed by atoms with Crippen LogP contribution < -0.4 is 5.32 Å². The zero-order valence-electron chi connectivity index (χ0n) is 10.4. The largest absolute Gasteiger partial charge is 0.394 e. The second-order valence-electron chi connectivity index (χ2n) is 4.25. The average molecular weight is 239 g/mol. The first-order chi connectivity index (χ1) is 8.17. The van der Waals surface area contributed by atoms with Crippen LogP contribution in [0.3, 0.4) is 0 Å². The molecule has 0 saturated heterocycles. The molecule has 3 N–H and O–H groups in total. The molecule has 5 nitrogen and oxygen atoms in total. The molecule has 2 atom stereocenters. The zero-order chi connectivity index (χ0) is 12.7. The molecule has 0 aliphatic carbocycles. The highest BCUT2D eigenvalue weighted by molar-refractivity contribution is 5.25. The van der Waals surface area contributed by atoms with Crippen molar-refractivity contribution in [2.24, 2.45) is 0 Å². The summed E-state index contributed by atoms with van der Waals surface area (Å²) < 4.78 is 0. The van der Waals surface area contributed by atoms with E-state index >= 15 is 0 Å². The SMILES string of the molecule is CCCC(C)c1cnc(NCC(O)CO)nc1. The number of hydrogen-bond acceptors (Lipinski definition) is 5. The van der Waals surface area contributed by atoms with Crippen LogP contribution in [0.4, 0.5) is 5.95 Å². The summed E-state index contributed by atoms with van der Waals surface area (Å²) in [7, 11) is 0. The Hall–Kier alpha value is -1.20. The number of anilines is 1. The number of aliphatic hydroxyl groups is 2. The molecular weight excluding hydrogens is 218 g/mol. The van der Waals surface area contributed by atoms with Gasteiger partial charge in [0.05, 0.1) is 12.7 Å². The number of hydrogen-bond donors (Lipinski definition) is 3. The smallest absolute Gasteiger partial charge is 0.222 e. The summed E-state index contributed by atoms with van der Waals surface area (Å²) in [6.45, 7) is 4.30. The maximum absolute atomic E-state index is 9.16. The van der Waals surface area contributed by atoms with E-state index in [-0.39, 0.29) is 13.2 Å². The van der Waals surface area contributed by atoms with E-state index in [1.54, 1.807) is 12.4 Å². The van der Waals surface area contributed by atoms with Crippen molar-refractivity contribution in [3.05, 3.63) is 18.0 Å². The van der Waals surface area contributed by atoms with Crippen LogP contribution in [0.1, 0.15) is 38.2 Å². The predicted molar refractivity (Wildman–Crippen MR) is 66.9 cm³/mol. The quantitative estimate of drug-likeness (QED) is 0.665. The maximum Gasteiger partial charge on any atom is 0.222 e. The van der Waals surface area contributed by atoms with Gasteiger partial charge in [-0.15, -0.1) is 0 Å². The van der Waals surface area contributed by atoms with Gasteiger partial charge in [-0.1, -0.05) is 20.3 Å². The van der Waals surface area contributed by atoms with E-state index in [2.05, 4.69) is 29.1 Å². The van der Waals surface area contributed by atoms with Gasteiger partial charge >= 0.3 is 0 Å². The minimum absolute atomic E-state index is 0.250. The second kappa shape index (κ2) is 7.19. The summed E-state index contributed by atoms with van der Waals surface area (Å²) in [5, 5.41) is 20.7. The van der Waals surface area contributed by atoms with E-state index in [0.717, 1.165) is 18.4 Å². The number of aliphatic hydroxyl groups excluding tert-OH is 2. The Morgan fingerprint density at radius 2 is 2.00 bits per heavy atom. The van der Waals surface area contributed by atoms with E-state index in [0.29, 0.717) is 11.9 Å². The van der Waals surface area contributed by atoms with Gasteiger partial charge in [0.15, 0.2) is 0 Å². The highest BCUT2D eigenvalue weighted by atomic mass is 16.3. The molecule has 0 bridgehead atoms. The normalized spacial score (nSPS) is 14.4. The molecule has 5 heteroatoms. The Kier molecular flexibility index (Phi) is 5.86. The number of rotatable bonds is 7. The first-order valence-corrected chi connectivity index (χ1v) is 6.02. The lowest BCUT2D eigenvalue weighted by molar-refractivity contribution is 0.105. The zero-order valence-corrected chi connectivity index (χ0v) is 10.4. The molecule has 0 aliphatic rings. The standard InChI is InChI=1S/C12H21N3O2/c1-3-4-9(2)10-5-13-12(14-6-10)15-7-11(17)8-16/h5-6,9,11,16-17H,3-4,7-8H2,1-2H3,(H,13,14,15). The molecule has 1 rings (SSSR count). The van der Waals surface area contributed by atoms with Crippen molar-refractivity contribution in [2.45, 2.75) is 38.7 Å². The van der Waals surface area contributed by atoms with Crippen LogP contribution in [0, 0.1) is 0 Å². The highest BCUT2D eigenvalue weighted by Gasteiger charge is 2.06. The highest BCUT2D eigenvalue weighted by Crippen LogP contribution is 2.18. The molecule has 0 aromatic carbocycles. The van der Waals surface area contributed by atoms with Gasteiger partial charge in [-0.25, -0.2) is 9.97 Å². The monoisotopic (exact) mass is 239 g/mol. The summed E-state index contributed by atoms with van der Waals surface area (Å²) in [5.74, 6) is 0.946. The second-order valence-corrected chi connectivity index (χ2v) is 4.25. The Balaban J connectivity index is 2.50. The summed E-state index contributed by atoms with van der Waals surface area (Å²) in [6.07, 6.45) is 5.10. The molecule has 0 saturated carbocycles. The van der Waals surface area contributed by atoms with Crippen LogP contribution >= 0.6 is 0 Å². The fraction of sp³-hybridized carbons (Fsp3) is 0.667. The third-order valence-electron chi connectivity index (χ3n) is 2.67. The van der Waals surface area contributed by atoms with E-state index in [9.17, 15) is 0 Å². The van der Waals surface area contributed by atoms with E-state index in [1.807, 2.05) is 0 Å². The van der Waals surface area contributed by atoms with Crippen molar-refractivity contribution in [2.75, 3.05) is 18.5 Å². The summed E-state index contributed by atoms with van der Waals surface area (Å²) in [6, 6.07) is 0. The average Bonchev–Trinajstić information content (AvgIpc) is 2.36. The van der Waals surface area contributed by atoms with Gasteiger partial charge in [0.1, 0.15) is 0 Å². The molecule has 0 aliphatic heterocycles. The van der Waals surface area contributed by atoms with Gasteiger partial charge < -0.3 is 15.5 Å². The van der Waals surface area contributed by atoms with Gasteiger partial charge in [0.25, 0.3) is 0 Å². The fourth-order valence-corrected chi connectivity index (χ4v) is 1.56. The molecule has 96 valence electrons. The molecular formula is C12H21N3O2. The van der Waals surface area contributed by atoms with Gasteiger partial charge in [-0.05, 0) is 17.9 Å². The van der Waals surface area contributed by atoms with Crippen molar-refractivity contribution in [1.82, 2.24) is 9.97 Å². The topological polar surface area (TPSA) is 78.3 Å². The van der Waals surface area contributed by atoms with Gasteiger partial charge in [-0.3, -0.25) is 0 Å². The molecule has 1 aromatic heterocycles. The summed E-state index contributed by atoms with van der Waals surface area (Å²) in [4.78, 5) is 8.35. The molecule has 0 amide bonds. The first-order valence-electron chi connectivity index (χ1n) is 6.02. The molecule has 0 fully saturated rings. The van der Waals surface area contributed by atoms with Crippen molar-refractivity contribution in [1.29, 1.82) is 0 Å². The van der Waals surface area contributed by atoms with Crippen LogP contribution in [-0.4, -0.2) is 39.4 Å². The number of nitrogens with one attached hydrogen (secondary N) is 1. The van der Waals surface area contributed by atoms with Crippen LogP contribution in [0.2, 0.25) is 0 Å².